The molecule has 7 heteroatoms. The van der Waals surface area contributed by atoms with E-state index in [4.69, 9.17) is 0 Å². The number of sulfone groups is 1. The normalized spacial score (nSPS) is 11.4. The number of aromatic amines is 1. The molecule has 3 aromatic carbocycles. The summed E-state index contributed by atoms with van der Waals surface area (Å²) in [5.41, 5.74) is 3.24. The van der Waals surface area contributed by atoms with Crippen molar-refractivity contribution < 1.29 is 8.42 Å². The molecule has 0 radical (unpaired) electrons. The minimum Gasteiger partial charge on any atom is -0.223 e. The number of benzene rings is 3. The molecule has 1 heterocycles. The SMILES string of the molecule is O=S(=O)(Cc1cccc(-c2nn[nH]n2)c1)c1cccc(-c2ccccc2)c1. The van der Waals surface area contributed by atoms with Crippen molar-refractivity contribution in [2.45, 2.75) is 10.6 Å². The van der Waals surface area contributed by atoms with E-state index in [1.165, 1.54) is 0 Å². The van der Waals surface area contributed by atoms with E-state index in [9.17, 15) is 8.42 Å². The average Bonchev–Trinajstić information content (AvgIpc) is 3.24. The molecule has 4 aromatic rings. The molecule has 1 aromatic heterocycles. The quantitative estimate of drug-likeness (QED) is 0.576. The zero-order valence-electron chi connectivity index (χ0n) is 14.3. The predicted octanol–water partition coefficient (Wildman–Crippen LogP) is 3.51. The van der Waals surface area contributed by atoms with E-state index in [1.807, 2.05) is 42.5 Å². The Morgan fingerprint density at radius 3 is 2.30 bits per heavy atom. The van der Waals surface area contributed by atoms with Crippen molar-refractivity contribution in [3.8, 4) is 22.5 Å². The lowest BCUT2D eigenvalue weighted by atomic mass is 10.1. The fourth-order valence-corrected chi connectivity index (χ4v) is 4.26. The number of hydrogen-bond acceptors (Lipinski definition) is 5. The lowest BCUT2D eigenvalue weighted by Gasteiger charge is -2.08. The Hall–Kier alpha value is -3.32. The van der Waals surface area contributed by atoms with Crippen LogP contribution in [0.4, 0.5) is 0 Å². The highest BCUT2D eigenvalue weighted by molar-refractivity contribution is 7.90. The van der Waals surface area contributed by atoms with Crippen LogP contribution in [0.1, 0.15) is 5.56 Å². The lowest BCUT2D eigenvalue weighted by Crippen LogP contribution is -2.05. The number of rotatable bonds is 5. The van der Waals surface area contributed by atoms with Gasteiger partial charge in [0.2, 0.25) is 5.82 Å². The van der Waals surface area contributed by atoms with E-state index in [-0.39, 0.29) is 5.75 Å². The second-order valence-corrected chi connectivity index (χ2v) is 8.08. The van der Waals surface area contributed by atoms with Crippen molar-refractivity contribution in [2.75, 3.05) is 0 Å². The third kappa shape index (κ3) is 3.78. The van der Waals surface area contributed by atoms with Crippen LogP contribution in [0.5, 0.6) is 0 Å². The summed E-state index contributed by atoms with van der Waals surface area (Å²) in [5.74, 6) is 0.331. The van der Waals surface area contributed by atoms with Crippen molar-refractivity contribution in [1.29, 1.82) is 0 Å². The van der Waals surface area contributed by atoms with Crippen LogP contribution in [0.3, 0.4) is 0 Å². The van der Waals surface area contributed by atoms with Crippen molar-refractivity contribution in [3.63, 3.8) is 0 Å². The van der Waals surface area contributed by atoms with E-state index in [0.717, 1.165) is 16.7 Å². The Balaban J connectivity index is 1.64. The Kier molecular flexibility index (Phi) is 4.52. The van der Waals surface area contributed by atoms with Gasteiger partial charge in [0.1, 0.15) is 0 Å². The van der Waals surface area contributed by atoms with Crippen molar-refractivity contribution in [1.82, 2.24) is 20.6 Å². The Morgan fingerprint density at radius 2 is 1.52 bits per heavy atom. The zero-order chi connectivity index (χ0) is 18.7. The molecule has 0 spiro atoms. The maximum atomic E-state index is 12.9. The standard InChI is InChI=1S/C20H16N4O2S/c25-27(26,14-15-6-4-10-18(12-15)20-21-23-24-22-20)19-11-5-9-17(13-19)16-7-2-1-3-8-16/h1-13H,14H2,(H,21,22,23,24). The molecule has 1 N–H and O–H groups in total. The molecule has 0 atom stereocenters. The molecule has 134 valence electrons. The number of H-pyrrole nitrogens is 1. The smallest absolute Gasteiger partial charge is 0.204 e. The van der Waals surface area contributed by atoms with Crippen molar-refractivity contribution in [2.24, 2.45) is 0 Å². The highest BCUT2D eigenvalue weighted by atomic mass is 32.2. The summed E-state index contributed by atoms with van der Waals surface area (Å²) in [6.07, 6.45) is 0. The first-order valence-electron chi connectivity index (χ1n) is 8.33. The summed E-state index contributed by atoms with van der Waals surface area (Å²) in [6, 6.07) is 23.9. The van der Waals surface area contributed by atoms with Crippen LogP contribution in [-0.4, -0.2) is 29.0 Å². The molecule has 0 bridgehead atoms. The summed E-state index contributed by atoms with van der Waals surface area (Å²) in [5, 5.41) is 13.8. The van der Waals surface area contributed by atoms with Crippen LogP contribution >= 0.6 is 0 Å². The van der Waals surface area contributed by atoms with Crippen LogP contribution in [0.2, 0.25) is 0 Å². The van der Waals surface area contributed by atoms with Crippen LogP contribution in [0.25, 0.3) is 22.5 Å². The number of nitrogens with one attached hydrogen (secondary N) is 1. The molecule has 6 nitrogen and oxygen atoms in total. The molecule has 0 unspecified atom stereocenters. The van der Waals surface area contributed by atoms with E-state index in [1.54, 1.807) is 36.4 Å². The molecular weight excluding hydrogens is 360 g/mol. The van der Waals surface area contributed by atoms with Gasteiger partial charge in [0.15, 0.2) is 9.84 Å². The van der Waals surface area contributed by atoms with Gasteiger partial charge in [0.25, 0.3) is 0 Å². The molecule has 0 fully saturated rings. The highest BCUT2D eigenvalue weighted by Gasteiger charge is 2.17. The first kappa shape index (κ1) is 17.1. The molecule has 27 heavy (non-hydrogen) atoms. The van der Waals surface area contributed by atoms with E-state index < -0.39 is 9.84 Å². The van der Waals surface area contributed by atoms with Crippen LogP contribution in [-0.2, 0) is 15.6 Å². The molecule has 4 rings (SSSR count). The first-order chi connectivity index (χ1) is 13.1. The van der Waals surface area contributed by atoms with Gasteiger partial charge < -0.3 is 0 Å². The van der Waals surface area contributed by atoms with Crippen molar-refractivity contribution >= 4 is 9.84 Å². The Labute approximate surface area is 156 Å². The zero-order valence-corrected chi connectivity index (χ0v) is 15.1. The molecule has 0 saturated heterocycles. The predicted molar refractivity (Wildman–Crippen MR) is 102 cm³/mol. The third-order valence-corrected chi connectivity index (χ3v) is 5.87. The third-order valence-electron chi connectivity index (χ3n) is 4.19. The second-order valence-electron chi connectivity index (χ2n) is 6.09. The minimum absolute atomic E-state index is 0.100. The van der Waals surface area contributed by atoms with Gasteiger partial charge in [-0.05, 0) is 40.1 Å². The van der Waals surface area contributed by atoms with Crippen LogP contribution in [0, 0.1) is 0 Å². The summed E-state index contributed by atoms with van der Waals surface area (Å²) >= 11 is 0. The summed E-state index contributed by atoms with van der Waals surface area (Å²) in [7, 11) is -3.49. The van der Waals surface area contributed by atoms with E-state index in [0.29, 0.717) is 16.3 Å². The topological polar surface area (TPSA) is 88.6 Å². The largest absolute Gasteiger partial charge is 0.223 e. The van der Waals surface area contributed by atoms with Gasteiger partial charge >= 0.3 is 0 Å². The Morgan fingerprint density at radius 1 is 0.778 bits per heavy atom. The van der Waals surface area contributed by atoms with Gasteiger partial charge in [0.05, 0.1) is 10.6 Å². The lowest BCUT2D eigenvalue weighted by molar-refractivity contribution is 0.595. The monoisotopic (exact) mass is 376 g/mol. The van der Waals surface area contributed by atoms with Gasteiger partial charge in [-0.1, -0.05) is 60.7 Å². The van der Waals surface area contributed by atoms with E-state index in [2.05, 4.69) is 20.6 Å². The fourth-order valence-electron chi connectivity index (χ4n) is 2.89. The number of hydrogen-bond donors (Lipinski definition) is 1. The molecule has 0 amide bonds. The highest BCUT2D eigenvalue weighted by Crippen LogP contribution is 2.25. The van der Waals surface area contributed by atoms with Gasteiger partial charge in [-0.25, -0.2) is 8.42 Å². The summed E-state index contributed by atoms with van der Waals surface area (Å²) in [6.45, 7) is 0. The van der Waals surface area contributed by atoms with Gasteiger partial charge in [-0.2, -0.15) is 5.21 Å². The van der Waals surface area contributed by atoms with Gasteiger partial charge in [0, 0.05) is 5.56 Å². The van der Waals surface area contributed by atoms with Crippen molar-refractivity contribution in [3.05, 3.63) is 84.4 Å². The average molecular weight is 376 g/mol. The number of nitrogens with zero attached hydrogens (tertiary/aromatic N) is 3. The second kappa shape index (κ2) is 7.13. The van der Waals surface area contributed by atoms with E-state index >= 15 is 0 Å². The van der Waals surface area contributed by atoms with Gasteiger partial charge in [-0.15, -0.1) is 10.2 Å². The van der Waals surface area contributed by atoms with Crippen LogP contribution < -0.4 is 0 Å². The maximum absolute atomic E-state index is 12.9. The molecule has 0 aliphatic rings. The molecule has 0 saturated carbocycles. The maximum Gasteiger partial charge on any atom is 0.204 e. The first-order valence-corrected chi connectivity index (χ1v) is 9.98. The number of tetrazole rings is 1. The summed E-state index contributed by atoms with van der Waals surface area (Å²) < 4.78 is 25.9. The molecule has 0 aliphatic carbocycles. The van der Waals surface area contributed by atoms with Crippen LogP contribution in [0.15, 0.2) is 83.8 Å². The molecular formula is C20H16N4O2S. The molecule has 0 aliphatic heterocycles. The summed E-state index contributed by atoms with van der Waals surface area (Å²) in [4.78, 5) is 0.300. The van der Waals surface area contributed by atoms with Gasteiger partial charge in [-0.3, -0.25) is 0 Å². The minimum atomic E-state index is -3.49. The number of aromatic nitrogens is 4. The fraction of sp³-hybridized carbons (Fsp3) is 0.0500. The Bertz CT molecular complexity index is 1160.